The highest BCUT2D eigenvalue weighted by Crippen LogP contribution is 2.46. The molecule has 1 N–H and O–H groups in total. The quantitative estimate of drug-likeness (QED) is 0.581. The summed E-state index contributed by atoms with van der Waals surface area (Å²) in [6, 6.07) is 15.1. The van der Waals surface area contributed by atoms with Gasteiger partial charge >= 0.3 is 12.2 Å². The molecule has 2 atom stereocenters. The van der Waals surface area contributed by atoms with Gasteiger partial charge in [0.2, 0.25) is 0 Å². The summed E-state index contributed by atoms with van der Waals surface area (Å²) in [5, 5.41) is 5.71. The lowest BCUT2D eigenvalue weighted by Gasteiger charge is -2.32. The molecule has 1 fully saturated rings. The molecule has 0 spiro atoms. The van der Waals surface area contributed by atoms with Crippen LogP contribution in [0.1, 0.15) is 17.2 Å². The second kappa shape index (κ2) is 6.91. The molecule has 8 heteroatoms. The Hall–Kier alpha value is -3.26. The summed E-state index contributed by atoms with van der Waals surface area (Å²) in [5.74, 6) is 0.605. The third-order valence-corrected chi connectivity index (χ3v) is 5.45. The number of anilines is 1. The molecule has 1 saturated heterocycles. The summed E-state index contributed by atoms with van der Waals surface area (Å²) in [6.45, 7) is 0.673. The monoisotopic (exact) mass is 414 g/mol. The van der Waals surface area contributed by atoms with Crippen LogP contribution in [0.3, 0.4) is 0 Å². The van der Waals surface area contributed by atoms with Gasteiger partial charge in [-0.05, 0) is 35.0 Å². The minimum absolute atomic E-state index is 0.0482. The van der Waals surface area contributed by atoms with Gasteiger partial charge in [0.05, 0.1) is 24.8 Å². The van der Waals surface area contributed by atoms with Crippen molar-refractivity contribution < 1.29 is 27.5 Å². The number of hydrogen-bond donors (Lipinski definition) is 1. The Morgan fingerprint density at radius 1 is 1.03 bits per heavy atom. The maximum absolute atomic E-state index is 13.0. The van der Waals surface area contributed by atoms with Crippen LogP contribution in [0.15, 0.2) is 60.7 Å². The number of carbonyl (C=O) groups is 1. The van der Waals surface area contributed by atoms with Crippen molar-refractivity contribution in [1.29, 1.82) is 0 Å². The second-order valence-corrected chi connectivity index (χ2v) is 7.34. The number of hydrogen-bond acceptors (Lipinski definition) is 3. The molecule has 5 rings (SSSR count). The molecule has 0 aromatic heterocycles. The zero-order chi connectivity index (χ0) is 20.9. The first-order valence-corrected chi connectivity index (χ1v) is 9.46. The fourth-order valence-corrected chi connectivity index (χ4v) is 4.07. The average Bonchev–Trinajstić information content (AvgIpc) is 3.17. The Kier molecular flexibility index (Phi) is 4.32. The highest BCUT2D eigenvalue weighted by molar-refractivity contribution is 5.92. The van der Waals surface area contributed by atoms with Crippen LogP contribution in [0.5, 0.6) is 5.75 Å². The zero-order valence-corrected chi connectivity index (χ0v) is 15.6. The lowest BCUT2D eigenvalue weighted by Crippen LogP contribution is -2.37. The Balaban J connectivity index is 1.48. The molecule has 2 aliphatic heterocycles. The number of urea groups is 1. The highest BCUT2D eigenvalue weighted by Gasteiger charge is 2.45. The first-order chi connectivity index (χ1) is 14.4. The average molecular weight is 414 g/mol. The number of nitrogens with zero attached hydrogens (tertiary/aromatic N) is 1. The Bertz CT molecular complexity index is 1130. The van der Waals surface area contributed by atoms with Gasteiger partial charge in [-0.3, -0.25) is 4.84 Å². The van der Waals surface area contributed by atoms with Crippen LogP contribution in [-0.2, 0) is 11.0 Å². The highest BCUT2D eigenvalue weighted by atomic mass is 19.4. The van der Waals surface area contributed by atoms with E-state index in [0.29, 0.717) is 12.4 Å². The summed E-state index contributed by atoms with van der Waals surface area (Å²) in [6.07, 6.45) is -4.49. The number of carbonyl (C=O) groups excluding carboxylic acids is 1. The number of alkyl halides is 3. The van der Waals surface area contributed by atoms with Crippen LogP contribution >= 0.6 is 0 Å². The smallest absolute Gasteiger partial charge is 0.416 e. The van der Waals surface area contributed by atoms with Gasteiger partial charge in [0.1, 0.15) is 5.75 Å². The predicted octanol–water partition coefficient (Wildman–Crippen LogP) is 5.39. The lowest BCUT2D eigenvalue weighted by molar-refractivity contribution is -0.137. The van der Waals surface area contributed by atoms with E-state index in [9.17, 15) is 18.0 Å². The molecule has 5 nitrogen and oxygen atoms in total. The number of amides is 2. The van der Waals surface area contributed by atoms with E-state index in [2.05, 4.69) is 5.32 Å². The van der Waals surface area contributed by atoms with Crippen molar-refractivity contribution >= 4 is 22.5 Å². The van der Waals surface area contributed by atoms with E-state index in [4.69, 9.17) is 9.57 Å². The molecule has 2 amide bonds. The number of benzene rings is 3. The SMILES string of the molecule is O=C(Nc1cccc(C(F)(F)F)c1)N1OCC2COc3ccc4ccccc4c3C21. The maximum atomic E-state index is 13.0. The van der Waals surface area contributed by atoms with E-state index >= 15 is 0 Å². The van der Waals surface area contributed by atoms with Crippen LogP contribution < -0.4 is 10.1 Å². The number of nitrogens with one attached hydrogen (secondary N) is 1. The number of rotatable bonds is 1. The molecular formula is C22H17F3N2O3. The van der Waals surface area contributed by atoms with Crippen molar-refractivity contribution in [3.8, 4) is 5.75 Å². The van der Waals surface area contributed by atoms with Gasteiger partial charge in [0.15, 0.2) is 0 Å². The molecule has 3 aromatic carbocycles. The minimum Gasteiger partial charge on any atom is -0.493 e. The molecule has 3 aromatic rings. The van der Waals surface area contributed by atoms with E-state index in [0.717, 1.165) is 28.5 Å². The second-order valence-electron chi connectivity index (χ2n) is 7.34. The predicted molar refractivity (Wildman–Crippen MR) is 104 cm³/mol. The first-order valence-electron chi connectivity index (χ1n) is 9.46. The third-order valence-electron chi connectivity index (χ3n) is 5.45. The van der Waals surface area contributed by atoms with Gasteiger partial charge in [-0.1, -0.05) is 36.4 Å². The van der Waals surface area contributed by atoms with Crippen molar-refractivity contribution in [3.63, 3.8) is 0 Å². The van der Waals surface area contributed by atoms with Gasteiger partial charge < -0.3 is 10.1 Å². The van der Waals surface area contributed by atoms with Gasteiger partial charge in [0, 0.05) is 17.2 Å². The van der Waals surface area contributed by atoms with E-state index in [1.165, 1.54) is 17.2 Å². The fraction of sp³-hybridized carbons (Fsp3) is 0.227. The molecule has 2 unspecified atom stereocenters. The zero-order valence-electron chi connectivity index (χ0n) is 15.6. The van der Waals surface area contributed by atoms with Crippen molar-refractivity contribution in [2.45, 2.75) is 12.2 Å². The largest absolute Gasteiger partial charge is 0.493 e. The molecule has 0 saturated carbocycles. The van der Waals surface area contributed by atoms with Gasteiger partial charge in [0.25, 0.3) is 0 Å². The van der Waals surface area contributed by atoms with Crippen LogP contribution in [0, 0.1) is 5.92 Å². The van der Waals surface area contributed by atoms with Gasteiger partial charge in [-0.2, -0.15) is 18.2 Å². The Labute approximate surface area is 169 Å². The fourth-order valence-electron chi connectivity index (χ4n) is 4.07. The van der Waals surface area contributed by atoms with Crippen LogP contribution in [0.4, 0.5) is 23.7 Å². The normalized spacial score (nSPS) is 20.4. The molecular weight excluding hydrogens is 397 g/mol. The van der Waals surface area contributed by atoms with Crippen molar-refractivity contribution in [2.24, 2.45) is 5.92 Å². The summed E-state index contributed by atoms with van der Waals surface area (Å²) in [7, 11) is 0. The van der Waals surface area contributed by atoms with E-state index in [1.54, 1.807) is 0 Å². The summed E-state index contributed by atoms with van der Waals surface area (Å²) >= 11 is 0. The van der Waals surface area contributed by atoms with E-state index in [1.807, 2.05) is 36.4 Å². The standard InChI is InChI=1S/C22H17F3N2O3/c23-22(24,25)15-5-3-6-16(10-15)26-21(28)27-20-14(12-30-27)11-29-18-9-8-13-4-1-2-7-17(13)19(18)20/h1-10,14,20H,11-12H2,(H,26,28). The summed E-state index contributed by atoms with van der Waals surface area (Å²) in [5.41, 5.74) is 0.0658. The Morgan fingerprint density at radius 2 is 1.87 bits per heavy atom. The van der Waals surface area contributed by atoms with Crippen LogP contribution in [0.2, 0.25) is 0 Å². The topological polar surface area (TPSA) is 50.8 Å². The molecule has 0 bridgehead atoms. The molecule has 2 aliphatic rings. The molecule has 154 valence electrons. The van der Waals surface area contributed by atoms with Gasteiger partial charge in [-0.25, -0.2) is 4.79 Å². The van der Waals surface area contributed by atoms with Crippen molar-refractivity contribution in [2.75, 3.05) is 18.5 Å². The number of hydroxylamine groups is 2. The summed E-state index contributed by atoms with van der Waals surface area (Å²) < 4.78 is 44.8. The molecule has 0 radical (unpaired) electrons. The minimum atomic E-state index is -4.49. The molecule has 2 heterocycles. The van der Waals surface area contributed by atoms with E-state index in [-0.39, 0.29) is 18.2 Å². The molecule has 30 heavy (non-hydrogen) atoms. The Morgan fingerprint density at radius 3 is 2.70 bits per heavy atom. The third kappa shape index (κ3) is 3.13. The summed E-state index contributed by atoms with van der Waals surface area (Å²) in [4.78, 5) is 18.6. The first kappa shape index (κ1) is 18.7. The van der Waals surface area contributed by atoms with Gasteiger partial charge in [-0.15, -0.1) is 0 Å². The number of fused-ring (bicyclic) bond motifs is 5. The van der Waals surface area contributed by atoms with Crippen LogP contribution in [0.25, 0.3) is 10.8 Å². The maximum Gasteiger partial charge on any atom is 0.416 e. The van der Waals surface area contributed by atoms with Crippen molar-refractivity contribution in [1.82, 2.24) is 5.06 Å². The number of ether oxygens (including phenoxy) is 1. The van der Waals surface area contributed by atoms with Crippen molar-refractivity contribution in [3.05, 3.63) is 71.8 Å². The van der Waals surface area contributed by atoms with Crippen LogP contribution in [-0.4, -0.2) is 24.3 Å². The lowest BCUT2D eigenvalue weighted by atomic mass is 9.88. The number of halogens is 3. The van der Waals surface area contributed by atoms with E-state index < -0.39 is 23.8 Å². The molecule has 0 aliphatic carbocycles.